The number of unbranched alkanes of at least 4 members (excludes halogenated alkanes) is 6. The van der Waals surface area contributed by atoms with Gasteiger partial charge in [0.25, 0.3) is 0 Å². The maximum Gasteiger partial charge on any atom is 0.303 e. The van der Waals surface area contributed by atoms with E-state index in [0.29, 0.717) is 18.3 Å². The number of hydrogen-bond donors (Lipinski definition) is 1. The molecule has 1 saturated heterocycles. The van der Waals surface area contributed by atoms with Crippen LogP contribution in [0.3, 0.4) is 0 Å². The van der Waals surface area contributed by atoms with Crippen molar-refractivity contribution in [2.24, 2.45) is 11.8 Å². The lowest BCUT2D eigenvalue weighted by atomic mass is 9.84. The Balaban J connectivity index is 2.11. The molecule has 21 heavy (non-hydrogen) atoms. The van der Waals surface area contributed by atoms with E-state index in [1.165, 1.54) is 70.9 Å². The largest absolute Gasteiger partial charge is 0.481 e. The summed E-state index contributed by atoms with van der Waals surface area (Å²) >= 11 is 0. The minimum absolute atomic E-state index is 0.319. The van der Waals surface area contributed by atoms with Gasteiger partial charge in [0.05, 0.1) is 0 Å². The van der Waals surface area contributed by atoms with E-state index in [4.69, 9.17) is 5.11 Å². The Labute approximate surface area is 131 Å². The van der Waals surface area contributed by atoms with Crippen molar-refractivity contribution < 1.29 is 9.90 Å². The van der Waals surface area contributed by atoms with E-state index in [1.54, 1.807) is 0 Å². The lowest BCUT2D eigenvalue weighted by Gasteiger charge is -2.35. The van der Waals surface area contributed by atoms with E-state index in [-0.39, 0.29) is 0 Å². The molecule has 0 saturated carbocycles. The Morgan fingerprint density at radius 2 is 1.86 bits per heavy atom. The summed E-state index contributed by atoms with van der Waals surface area (Å²) in [5.74, 6) is 0.255. The van der Waals surface area contributed by atoms with E-state index >= 15 is 0 Å². The van der Waals surface area contributed by atoms with Gasteiger partial charge in [-0.2, -0.15) is 0 Å². The third kappa shape index (κ3) is 8.45. The van der Waals surface area contributed by atoms with Crippen molar-refractivity contribution >= 4 is 5.97 Å². The number of rotatable bonds is 11. The van der Waals surface area contributed by atoms with Gasteiger partial charge in [0.1, 0.15) is 0 Å². The molecule has 1 N–H and O–H groups in total. The minimum atomic E-state index is -0.647. The van der Waals surface area contributed by atoms with E-state index in [9.17, 15) is 4.79 Å². The normalized spacial score (nSPS) is 21.3. The fraction of sp³-hybridized carbons (Fsp3) is 0.944. The Hall–Kier alpha value is -0.570. The zero-order valence-electron chi connectivity index (χ0n) is 14.1. The maximum absolute atomic E-state index is 10.8. The summed E-state index contributed by atoms with van der Waals surface area (Å²) < 4.78 is 0. The molecule has 0 aromatic rings. The number of aliphatic carboxylic acids is 1. The fourth-order valence-electron chi connectivity index (χ4n) is 3.49. The summed E-state index contributed by atoms with van der Waals surface area (Å²) in [7, 11) is 0. The molecule has 3 nitrogen and oxygen atoms in total. The first-order valence-electron chi connectivity index (χ1n) is 9.07. The first kappa shape index (κ1) is 18.5. The maximum atomic E-state index is 10.8. The van der Waals surface area contributed by atoms with Crippen molar-refractivity contribution in [1.29, 1.82) is 0 Å². The van der Waals surface area contributed by atoms with E-state index in [1.807, 2.05) is 0 Å². The van der Waals surface area contributed by atoms with Crippen LogP contribution in [-0.4, -0.2) is 35.6 Å². The van der Waals surface area contributed by atoms with Gasteiger partial charge in [-0.05, 0) is 44.2 Å². The molecule has 0 aliphatic carbocycles. The number of carboxylic acids is 1. The number of carbonyl (C=O) groups is 1. The van der Waals surface area contributed by atoms with Gasteiger partial charge in [-0.3, -0.25) is 4.79 Å². The molecule has 0 radical (unpaired) electrons. The summed E-state index contributed by atoms with van der Waals surface area (Å²) in [6.07, 6.45) is 12.3. The number of hydrogen-bond acceptors (Lipinski definition) is 2. The minimum Gasteiger partial charge on any atom is -0.481 e. The first-order valence-corrected chi connectivity index (χ1v) is 9.07. The van der Waals surface area contributed by atoms with Crippen LogP contribution in [0.15, 0.2) is 0 Å². The summed E-state index contributed by atoms with van der Waals surface area (Å²) in [6.45, 7) is 7.91. The molecule has 0 aromatic carbocycles. The van der Waals surface area contributed by atoms with Crippen LogP contribution in [-0.2, 0) is 4.79 Å². The molecule has 0 amide bonds. The van der Waals surface area contributed by atoms with Crippen molar-refractivity contribution in [1.82, 2.24) is 4.90 Å². The average Bonchev–Trinajstić information content (AvgIpc) is 2.46. The molecule has 0 spiro atoms. The van der Waals surface area contributed by atoms with Gasteiger partial charge in [-0.25, -0.2) is 0 Å². The van der Waals surface area contributed by atoms with Gasteiger partial charge in [0.2, 0.25) is 0 Å². The Morgan fingerprint density at radius 1 is 1.19 bits per heavy atom. The van der Waals surface area contributed by atoms with Crippen molar-refractivity contribution in [2.75, 3.05) is 19.6 Å². The molecule has 3 heteroatoms. The van der Waals surface area contributed by atoms with E-state index < -0.39 is 5.97 Å². The van der Waals surface area contributed by atoms with Crippen molar-refractivity contribution in [3.05, 3.63) is 0 Å². The zero-order valence-corrected chi connectivity index (χ0v) is 14.1. The van der Waals surface area contributed by atoms with E-state index in [0.717, 1.165) is 6.54 Å². The standard InChI is InChI=1S/C18H35NO2/c1-3-4-5-6-7-8-9-12-19-13-10-11-17(15-19)16(2)14-18(20)21/h16-17H,3-15H2,1-2H3,(H,20,21). The number of carboxylic acid groups (broad SMARTS) is 1. The Morgan fingerprint density at radius 3 is 2.52 bits per heavy atom. The summed E-state index contributed by atoms with van der Waals surface area (Å²) in [4.78, 5) is 13.4. The highest BCUT2D eigenvalue weighted by Crippen LogP contribution is 2.26. The van der Waals surface area contributed by atoms with Crippen LogP contribution in [0.1, 0.15) is 78.1 Å². The second-order valence-electron chi connectivity index (χ2n) is 6.90. The Kier molecular flexibility index (Phi) is 9.73. The first-order chi connectivity index (χ1) is 10.1. The van der Waals surface area contributed by atoms with Gasteiger partial charge in [-0.1, -0.05) is 52.4 Å². The van der Waals surface area contributed by atoms with Crippen LogP contribution in [0.25, 0.3) is 0 Å². The van der Waals surface area contributed by atoms with Crippen LogP contribution < -0.4 is 0 Å². The molecule has 1 heterocycles. The third-order valence-electron chi connectivity index (χ3n) is 4.92. The predicted octanol–water partition coefficient (Wildman–Crippen LogP) is 4.56. The summed E-state index contributed by atoms with van der Waals surface area (Å²) in [6, 6.07) is 0. The molecule has 1 rings (SSSR count). The molecule has 0 aromatic heterocycles. The van der Waals surface area contributed by atoms with Gasteiger partial charge >= 0.3 is 5.97 Å². The van der Waals surface area contributed by atoms with Crippen molar-refractivity contribution in [3.8, 4) is 0 Å². The molecule has 2 atom stereocenters. The van der Waals surface area contributed by atoms with Gasteiger partial charge in [-0.15, -0.1) is 0 Å². The lowest BCUT2D eigenvalue weighted by Crippen LogP contribution is -2.38. The predicted molar refractivity (Wildman–Crippen MR) is 88.6 cm³/mol. The zero-order chi connectivity index (χ0) is 15.5. The Bertz CT molecular complexity index is 280. The van der Waals surface area contributed by atoms with Crippen molar-refractivity contribution in [3.63, 3.8) is 0 Å². The second kappa shape index (κ2) is 11.1. The number of likely N-dealkylation sites (tertiary alicyclic amines) is 1. The average molecular weight is 297 g/mol. The SMILES string of the molecule is CCCCCCCCCN1CCCC(C(C)CC(=O)O)C1. The lowest BCUT2D eigenvalue weighted by molar-refractivity contribution is -0.138. The highest BCUT2D eigenvalue weighted by Gasteiger charge is 2.25. The quantitative estimate of drug-likeness (QED) is 0.568. The van der Waals surface area contributed by atoms with Crippen LogP contribution in [0.4, 0.5) is 0 Å². The molecule has 1 aliphatic rings. The highest BCUT2D eigenvalue weighted by molar-refractivity contribution is 5.66. The topological polar surface area (TPSA) is 40.5 Å². The molecular formula is C18H35NO2. The molecule has 124 valence electrons. The monoisotopic (exact) mass is 297 g/mol. The molecule has 0 bridgehead atoms. The third-order valence-corrected chi connectivity index (χ3v) is 4.92. The second-order valence-corrected chi connectivity index (χ2v) is 6.90. The number of nitrogens with zero attached hydrogens (tertiary/aromatic N) is 1. The van der Waals surface area contributed by atoms with Gasteiger partial charge in [0, 0.05) is 13.0 Å². The molecule has 1 fully saturated rings. The summed E-state index contributed by atoms with van der Waals surface area (Å²) in [5.41, 5.74) is 0. The number of piperidine rings is 1. The van der Waals surface area contributed by atoms with Gasteiger partial charge < -0.3 is 10.0 Å². The van der Waals surface area contributed by atoms with Crippen LogP contribution >= 0.6 is 0 Å². The van der Waals surface area contributed by atoms with E-state index in [2.05, 4.69) is 18.7 Å². The van der Waals surface area contributed by atoms with Crippen molar-refractivity contribution in [2.45, 2.75) is 78.1 Å². The summed E-state index contributed by atoms with van der Waals surface area (Å²) in [5, 5.41) is 8.93. The fourth-order valence-corrected chi connectivity index (χ4v) is 3.49. The van der Waals surface area contributed by atoms with Crippen LogP contribution in [0, 0.1) is 11.8 Å². The van der Waals surface area contributed by atoms with Crippen LogP contribution in [0.5, 0.6) is 0 Å². The molecular weight excluding hydrogens is 262 g/mol. The van der Waals surface area contributed by atoms with Gasteiger partial charge in [0.15, 0.2) is 0 Å². The molecule has 1 aliphatic heterocycles. The van der Waals surface area contributed by atoms with Crippen LogP contribution in [0.2, 0.25) is 0 Å². The molecule has 2 unspecified atom stereocenters. The highest BCUT2D eigenvalue weighted by atomic mass is 16.4. The smallest absolute Gasteiger partial charge is 0.303 e.